The highest BCUT2D eigenvalue weighted by Crippen LogP contribution is 2.72. The number of pyridine rings is 1. The number of nitrogens with one attached hydrogen (secondary N) is 4. The van der Waals surface area contributed by atoms with Gasteiger partial charge in [0.25, 0.3) is 27.8 Å². The highest BCUT2D eigenvalue weighted by Gasteiger charge is 2.66. The molecule has 478 valence electrons. The fourth-order valence-electron chi connectivity index (χ4n) is 14.6. The molecule has 2 unspecified atom stereocenters. The third-order valence-corrected chi connectivity index (χ3v) is 19.0. The van der Waals surface area contributed by atoms with E-state index >= 15 is 0 Å². The SMILES string of the molecule is Cc1c(-c2ccc(-c3cc4cccc(C(=O)Nc5nc6ccccc6s5)c4[nH]3)nc2C(=O)O)cnn1CC12CC3(C)CC(C)(C1)CC(OCCN(C)C(=O)OCc1ccccc1OCCOCCNC(=O)[C@H](CS(=O)(=O)O)NC(=O)CCN1C(=O)C=CC1=O)(C3)C2. The number of carboxylic acid groups (broad SMARTS) is 1. The summed E-state index contributed by atoms with van der Waals surface area (Å²) in [6.45, 7) is 7.51. The number of hydrogen-bond acceptors (Lipinski definition) is 17. The van der Waals surface area contributed by atoms with Crippen molar-refractivity contribution < 1.29 is 70.6 Å². The minimum atomic E-state index is -4.70. The molecule has 25 nitrogen and oxygen atoms in total. The predicted octanol–water partition coefficient (Wildman–Crippen LogP) is 7.57. The molecule has 0 saturated heterocycles. The van der Waals surface area contributed by atoms with Gasteiger partial charge in [0.2, 0.25) is 11.8 Å². The van der Waals surface area contributed by atoms with E-state index in [2.05, 4.69) is 39.8 Å². The van der Waals surface area contributed by atoms with Gasteiger partial charge < -0.3 is 44.6 Å². The smallest absolute Gasteiger partial charge is 0.409 e. The fourth-order valence-corrected chi connectivity index (χ4v) is 16.1. The van der Waals surface area contributed by atoms with Crippen molar-refractivity contribution in [3.05, 3.63) is 126 Å². The topological polar surface area (TPSA) is 333 Å². The largest absolute Gasteiger partial charge is 0.491 e. The first-order valence-electron chi connectivity index (χ1n) is 29.8. The number of aromatic nitrogens is 5. The van der Waals surface area contributed by atoms with Crippen LogP contribution in [0.2, 0.25) is 0 Å². The van der Waals surface area contributed by atoms with Gasteiger partial charge in [-0.25, -0.2) is 19.6 Å². The highest BCUT2D eigenvalue weighted by atomic mass is 32.2. The standard InChI is InChI=1S/C64H70N10O15S2/c1-39-44(42-16-17-45(68-55(42)58(80)81)47-28-40-11-9-12-43(54(40)69-47)56(78)71-59-70-46-13-6-8-15-50(46)90-59)29-66-74(39)38-63-33-61(2)32-62(3,34-63)36-64(35-61,37-63)89-25-23-72(4)60(82)88-30-41-10-5-7-14-49(41)87-27-26-86-24-21-65-57(79)48(31-91(83,84)85)67-51(75)20-22-73-52(76)18-19-53(73)77/h5-19,28-29,48,69H,20-27,30-38H2,1-4H3,(H,65,79)(H,67,75)(H,80,81)(H,70,71,78)(H,83,84,85)/t48-,61?,62?,63?,64?/m0/s1. The molecule has 4 saturated carbocycles. The summed E-state index contributed by atoms with van der Waals surface area (Å²) in [6, 6.07) is 23.8. The van der Waals surface area contributed by atoms with Gasteiger partial charge in [-0.3, -0.25) is 43.4 Å². The number of nitrogens with zero attached hydrogens (tertiary/aromatic N) is 6. The van der Waals surface area contributed by atoms with Gasteiger partial charge in [-0.2, -0.15) is 13.5 Å². The van der Waals surface area contributed by atoms with Gasteiger partial charge in [-0.05, 0) is 104 Å². The lowest BCUT2D eigenvalue weighted by Gasteiger charge is -2.69. The molecule has 6 N–H and O–H groups in total. The van der Waals surface area contributed by atoms with E-state index < -0.39 is 69.6 Å². The molecule has 6 amide bonds. The number of anilines is 1. The molecule has 0 radical (unpaired) electrons. The van der Waals surface area contributed by atoms with E-state index in [1.54, 1.807) is 61.8 Å². The number of thiazole rings is 1. The number of carboxylic acids is 1. The predicted molar refractivity (Wildman–Crippen MR) is 334 cm³/mol. The number of hydrogen-bond donors (Lipinski definition) is 6. The number of benzene rings is 3. The van der Waals surface area contributed by atoms with E-state index in [1.165, 1.54) is 16.2 Å². The number of imide groups is 1. The van der Waals surface area contributed by atoms with Crippen molar-refractivity contribution in [1.82, 2.24) is 45.2 Å². The van der Waals surface area contributed by atoms with E-state index in [-0.39, 0.29) is 80.5 Å². The molecule has 4 aliphatic carbocycles. The summed E-state index contributed by atoms with van der Waals surface area (Å²) >= 11 is 1.39. The van der Waals surface area contributed by atoms with Crippen molar-refractivity contribution in [1.29, 1.82) is 0 Å². The first kappa shape index (κ1) is 63.7. The fraction of sp³-hybridized carbons (Fsp3) is 0.406. The van der Waals surface area contributed by atoms with E-state index in [1.807, 2.05) is 48.0 Å². The number of carbonyl (C=O) groups is 7. The Labute approximate surface area is 527 Å². The Morgan fingerprint density at radius 3 is 2.35 bits per heavy atom. The molecule has 0 spiro atoms. The Balaban J connectivity index is 0.654. The van der Waals surface area contributed by atoms with Crippen molar-refractivity contribution in [2.45, 2.75) is 90.5 Å². The number of aromatic amines is 1. The van der Waals surface area contributed by atoms with Crippen molar-refractivity contribution >= 4 is 89.3 Å². The van der Waals surface area contributed by atoms with Crippen LogP contribution in [0.25, 0.3) is 43.6 Å². The molecule has 4 fully saturated rings. The lowest BCUT2D eigenvalue weighted by atomic mass is 9.39. The average Bonchev–Trinajstić information content (AvgIpc) is 1.23. The summed E-state index contributed by atoms with van der Waals surface area (Å²) in [5.41, 5.74) is 4.53. The molecule has 27 heteroatoms. The molecule has 4 aromatic heterocycles. The summed E-state index contributed by atoms with van der Waals surface area (Å²) in [7, 11) is -3.04. The van der Waals surface area contributed by atoms with Crippen LogP contribution in [-0.4, -0.2) is 165 Å². The zero-order valence-electron chi connectivity index (χ0n) is 50.6. The number of amides is 6. The number of para-hydroxylation sites is 3. The summed E-state index contributed by atoms with van der Waals surface area (Å²) < 4.78 is 59.8. The van der Waals surface area contributed by atoms with Gasteiger partial charge in [-0.1, -0.05) is 67.6 Å². The number of H-pyrrole nitrogens is 1. The van der Waals surface area contributed by atoms with Crippen LogP contribution in [0.5, 0.6) is 5.75 Å². The van der Waals surface area contributed by atoms with Gasteiger partial charge >= 0.3 is 12.1 Å². The minimum absolute atomic E-state index is 0.00222. The minimum Gasteiger partial charge on any atom is -0.491 e. The molecule has 1 aliphatic heterocycles. The second-order valence-corrected chi connectivity index (χ2v) is 27.4. The van der Waals surface area contributed by atoms with E-state index in [4.69, 9.17) is 29.0 Å². The second-order valence-electron chi connectivity index (χ2n) is 24.9. The lowest BCUT2D eigenvalue weighted by molar-refractivity contribution is -0.248. The Hall–Kier alpha value is -8.89. The van der Waals surface area contributed by atoms with Crippen LogP contribution in [0, 0.1) is 23.2 Å². The van der Waals surface area contributed by atoms with Crippen molar-refractivity contribution in [2.24, 2.45) is 16.2 Å². The zero-order chi connectivity index (χ0) is 64.5. The quantitative estimate of drug-likeness (QED) is 0.0164. The van der Waals surface area contributed by atoms with E-state index in [0.717, 1.165) is 76.9 Å². The molecule has 91 heavy (non-hydrogen) atoms. The Kier molecular flexibility index (Phi) is 18.0. The molecule has 3 aromatic carbocycles. The summed E-state index contributed by atoms with van der Waals surface area (Å²) in [4.78, 5) is 104. The molecule has 4 bridgehead atoms. The number of fused-ring (bicyclic) bond motifs is 2. The van der Waals surface area contributed by atoms with Crippen LogP contribution in [0.3, 0.4) is 0 Å². The first-order valence-corrected chi connectivity index (χ1v) is 32.2. The van der Waals surface area contributed by atoms with E-state index in [0.29, 0.717) is 56.6 Å². The maximum absolute atomic E-state index is 13.6. The lowest BCUT2D eigenvalue weighted by Crippen LogP contribution is -2.64. The average molecular weight is 1280 g/mol. The van der Waals surface area contributed by atoms with Crippen LogP contribution in [0.4, 0.5) is 9.93 Å². The number of ether oxygens (including phenoxy) is 4. The maximum Gasteiger partial charge on any atom is 0.409 e. The Morgan fingerprint density at radius 2 is 1.60 bits per heavy atom. The first-order chi connectivity index (χ1) is 43.4. The van der Waals surface area contributed by atoms with Crippen LogP contribution >= 0.6 is 11.3 Å². The van der Waals surface area contributed by atoms with E-state index in [9.17, 15) is 51.6 Å². The molecule has 3 atom stereocenters. The zero-order valence-corrected chi connectivity index (χ0v) is 52.2. The highest BCUT2D eigenvalue weighted by molar-refractivity contribution is 7.85. The van der Waals surface area contributed by atoms with Crippen LogP contribution in [0.15, 0.2) is 103 Å². The number of aromatic carboxylic acids is 1. The summed E-state index contributed by atoms with van der Waals surface area (Å²) in [5.74, 6) is -5.14. The Bertz CT molecular complexity index is 4090. The second kappa shape index (κ2) is 25.8. The molecule has 5 aliphatic rings. The molecular formula is C64H70N10O15S2. The van der Waals surface area contributed by atoms with Gasteiger partial charge in [-0.15, -0.1) is 0 Å². The van der Waals surface area contributed by atoms with Gasteiger partial charge in [0.1, 0.15) is 30.8 Å². The molecule has 12 rings (SSSR count). The van der Waals surface area contributed by atoms with Crippen molar-refractivity contribution in [2.75, 3.05) is 64.2 Å². The Morgan fingerprint density at radius 1 is 0.857 bits per heavy atom. The number of likely N-dealkylation sites (N-methyl/N-ethyl adjacent to an activating group) is 1. The maximum atomic E-state index is 13.6. The van der Waals surface area contributed by atoms with Crippen LogP contribution in [0.1, 0.15) is 90.9 Å². The van der Waals surface area contributed by atoms with Crippen LogP contribution < -0.4 is 20.7 Å². The number of carbonyl (C=O) groups excluding carboxylic acids is 6. The van der Waals surface area contributed by atoms with Crippen molar-refractivity contribution in [3.8, 4) is 28.3 Å². The third kappa shape index (κ3) is 14.5. The summed E-state index contributed by atoms with van der Waals surface area (Å²) in [5, 5.41) is 24.4. The van der Waals surface area contributed by atoms with Gasteiger partial charge in [0.05, 0.1) is 64.3 Å². The van der Waals surface area contributed by atoms with Gasteiger partial charge in [0, 0.05) is 79.6 Å². The van der Waals surface area contributed by atoms with Crippen molar-refractivity contribution in [3.63, 3.8) is 0 Å². The molecule has 5 heterocycles. The third-order valence-electron chi connectivity index (χ3n) is 17.3. The monoisotopic (exact) mass is 1280 g/mol. The molecular weight excluding hydrogens is 1210 g/mol. The molecule has 7 aromatic rings. The summed E-state index contributed by atoms with van der Waals surface area (Å²) in [6.07, 6.45) is 8.48. The van der Waals surface area contributed by atoms with Crippen LogP contribution in [-0.2, 0) is 56.7 Å². The van der Waals surface area contributed by atoms with Gasteiger partial charge in [0.15, 0.2) is 10.8 Å². The normalized spacial score (nSPS) is 21.1. The number of rotatable bonds is 27.